The predicted octanol–water partition coefficient (Wildman–Crippen LogP) is 4.02. The van der Waals surface area contributed by atoms with Crippen molar-refractivity contribution >= 4 is 11.6 Å². The number of aromatic nitrogens is 1. The molecular weight excluding hydrogens is 248 g/mol. The van der Waals surface area contributed by atoms with Crippen LogP contribution in [0.3, 0.4) is 0 Å². The summed E-state index contributed by atoms with van der Waals surface area (Å²) in [6.07, 6.45) is 1.65. The summed E-state index contributed by atoms with van der Waals surface area (Å²) in [5.41, 5.74) is 2.41. The minimum absolute atomic E-state index is 0.379. The summed E-state index contributed by atoms with van der Waals surface area (Å²) in [6, 6.07) is 9.07. The van der Waals surface area contributed by atoms with Crippen LogP contribution in [-0.4, -0.2) is 4.98 Å². The summed E-state index contributed by atoms with van der Waals surface area (Å²) < 4.78 is 5.79. The van der Waals surface area contributed by atoms with Gasteiger partial charge in [0.1, 0.15) is 16.7 Å². The van der Waals surface area contributed by atoms with E-state index in [4.69, 9.17) is 21.6 Å². The zero-order chi connectivity index (χ0) is 13.1. The van der Waals surface area contributed by atoms with E-state index in [2.05, 4.69) is 11.1 Å². The van der Waals surface area contributed by atoms with Crippen LogP contribution >= 0.6 is 11.6 Å². The van der Waals surface area contributed by atoms with Crippen LogP contribution in [0.25, 0.3) is 0 Å². The Balaban J connectivity index is 2.39. The number of nitriles is 1. The first kappa shape index (κ1) is 12.4. The summed E-state index contributed by atoms with van der Waals surface area (Å²) in [5, 5.41) is 9.26. The molecule has 0 aliphatic carbocycles. The van der Waals surface area contributed by atoms with Gasteiger partial charge in [-0.15, -0.1) is 0 Å². The molecule has 90 valence electrons. The van der Waals surface area contributed by atoms with E-state index >= 15 is 0 Å². The maximum atomic E-state index is 8.88. The van der Waals surface area contributed by atoms with Crippen molar-refractivity contribution in [3.05, 3.63) is 52.3 Å². The zero-order valence-corrected chi connectivity index (χ0v) is 10.8. The maximum absolute atomic E-state index is 8.88. The van der Waals surface area contributed by atoms with Gasteiger partial charge in [-0.25, -0.2) is 4.98 Å². The molecule has 1 aromatic carbocycles. The van der Waals surface area contributed by atoms with Crippen LogP contribution in [0.5, 0.6) is 11.5 Å². The molecule has 0 radical (unpaired) electrons. The fourth-order valence-corrected chi connectivity index (χ4v) is 1.64. The van der Waals surface area contributed by atoms with E-state index in [1.54, 1.807) is 24.4 Å². The standard InChI is InChI=1S/C14H11ClN2O/c1-9-3-4-11(7-16)5-12(9)18-13-6-14(15)17-8-10(13)2/h3-6,8H,1-2H3. The van der Waals surface area contributed by atoms with E-state index in [1.807, 2.05) is 19.9 Å². The van der Waals surface area contributed by atoms with E-state index in [1.165, 1.54) is 0 Å². The summed E-state index contributed by atoms with van der Waals surface area (Å²) in [4.78, 5) is 3.97. The van der Waals surface area contributed by atoms with Crippen LogP contribution in [-0.2, 0) is 0 Å². The first-order valence-electron chi connectivity index (χ1n) is 5.41. The van der Waals surface area contributed by atoms with Crippen molar-refractivity contribution in [2.75, 3.05) is 0 Å². The Hall–Kier alpha value is -2.05. The fourth-order valence-electron chi connectivity index (χ4n) is 1.49. The molecule has 4 heteroatoms. The van der Waals surface area contributed by atoms with E-state index in [0.717, 1.165) is 11.1 Å². The quantitative estimate of drug-likeness (QED) is 0.765. The molecule has 2 aromatic rings. The Morgan fingerprint density at radius 2 is 1.89 bits per heavy atom. The number of rotatable bonds is 2. The van der Waals surface area contributed by atoms with Crippen molar-refractivity contribution < 1.29 is 4.74 Å². The molecule has 0 spiro atoms. The molecule has 0 bridgehead atoms. The summed E-state index contributed by atoms with van der Waals surface area (Å²) >= 11 is 5.84. The lowest BCUT2D eigenvalue weighted by Crippen LogP contribution is -1.92. The van der Waals surface area contributed by atoms with Crippen LogP contribution in [0, 0.1) is 25.2 Å². The van der Waals surface area contributed by atoms with Crippen molar-refractivity contribution in [1.82, 2.24) is 4.98 Å². The summed E-state index contributed by atoms with van der Waals surface area (Å²) in [5.74, 6) is 1.30. The third-order valence-corrected chi connectivity index (χ3v) is 2.76. The molecule has 0 saturated carbocycles. The lowest BCUT2D eigenvalue weighted by atomic mass is 10.1. The van der Waals surface area contributed by atoms with Crippen molar-refractivity contribution in [2.24, 2.45) is 0 Å². The molecule has 3 nitrogen and oxygen atoms in total. The molecule has 2 rings (SSSR count). The van der Waals surface area contributed by atoms with Gasteiger partial charge in [0.05, 0.1) is 11.6 Å². The molecule has 1 aromatic heterocycles. The van der Waals surface area contributed by atoms with Crippen LogP contribution < -0.4 is 4.74 Å². The molecule has 0 amide bonds. The molecule has 0 fully saturated rings. The van der Waals surface area contributed by atoms with E-state index in [0.29, 0.717) is 22.2 Å². The molecule has 18 heavy (non-hydrogen) atoms. The predicted molar refractivity (Wildman–Crippen MR) is 70.0 cm³/mol. The number of benzene rings is 1. The smallest absolute Gasteiger partial charge is 0.134 e. The summed E-state index contributed by atoms with van der Waals surface area (Å²) in [7, 11) is 0. The zero-order valence-electron chi connectivity index (χ0n) is 10.1. The number of ether oxygens (including phenoxy) is 1. The van der Waals surface area contributed by atoms with Gasteiger partial charge in [0.25, 0.3) is 0 Å². The monoisotopic (exact) mass is 258 g/mol. The van der Waals surface area contributed by atoms with Crippen LogP contribution in [0.2, 0.25) is 5.15 Å². The number of aryl methyl sites for hydroxylation is 2. The molecule has 0 atom stereocenters. The summed E-state index contributed by atoms with van der Waals surface area (Å²) in [6.45, 7) is 3.82. The van der Waals surface area contributed by atoms with Gasteiger partial charge in [-0.05, 0) is 31.5 Å². The minimum Gasteiger partial charge on any atom is -0.457 e. The molecule has 0 saturated heterocycles. The van der Waals surface area contributed by atoms with Gasteiger partial charge >= 0.3 is 0 Å². The number of halogens is 1. The number of hydrogen-bond acceptors (Lipinski definition) is 3. The van der Waals surface area contributed by atoms with E-state index in [-0.39, 0.29) is 0 Å². The average Bonchev–Trinajstić information content (AvgIpc) is 2.36. The van der Waals surface area contributed by atoms with Crippen molar-refractivity contribution in [1.29, 1.82) is 5.26 Å². The van der Waals surface area contributed by atoms with Gasteiger partial charge in [0.15, 0.2) is 0 Å². The normalized spacial score (nSPS) is 9.89. The SMILES string of the molecule is Cc1ccc(C#N)cc1Oc1cc(Cl)ncc1C. The largest absolute Gasteiger partial charge is 0.457 e. The third kappa shape index (κ3) is 2.61. The van der Waals surface area contributed by atoms with Crippen molar-refractivity contribution in [3.63, 3.8) is 0 Å². The highest BCUT2D eigenvalue weighted by Gasteiger charge is 2.06. The van der Waals surface area contributed by atoms with Gasteiger partial charge in [0.2, 0.25) is 0 Å². The molecule has 0 unspecified atom stereocenters. The van der Waals surface area contributed by atoms with Gasteiger partial charge in [0, 0.05) is 17.8 Å². The van der Waals surface area contributed by atoms with Gasteiger partial charge in [-0.1, -0.05) is 17.7 Å². The van der Waals surface area contributed by atoms with Crippen LogP contribution in [0.15, 0.2) is 30.5 Å². The Morgan fingerprint density at radius 3 is 2.61 bits per heavy atom. The topological polar surface area (TPSA) is 45.9 Å². The third-order valence-electron chi connectivity index (χ3n) is 2.56. The van der Waals surface area contributed by atoms with Gasteiger partial charge < -0.3 is 4.74 Å². The van der Waals surface area contributed by atoms with Gasteiger partial charge in [-0.3, -0.25) is 0 Å². The Morgan fingerprint density at radius 1 is 1.17 bits per heavy atom. The fraction of sp³-hybridized carbons (Fsp3) is 0.143. The maximum Gasteiger partial charge on any atom is 0.134 e. The minimum atomic E-state index is 0.379. The highest BCUT2D eigenvalue weighted by molar-refractivity contribution is 6.29. The number of nitrogens with zero attached hydrogens (tertiary/aromatic N) is 2. The number of hydrogen-bond donors (Lipinski definition) is 0. The Kier molecular flexibility index (Phi) is 3.50. The lowest BCUT2D eigenvalue weighted by Gasteiger charge is -2.11. The highest BCUT2D eigenvalue weighted by Crippen LogP contribution is 2.29. The second-order valence-electron chi connectivity index (χ2n) is 3.97. The molecule has 1 heterocycles. The van der Waals surface area contributed by atoms with Crippen molar-refractivity contribution in [2.45, 2.75) is 13.8 Å². The second-order valence-corrected chi connectivity index (χ2v) is 4.35. The average molecular weight is 259 g/mol. The van der Waals surface area contributed by atoms with E-state index in [9.17, 15) is 0 Å². The van der Waals surface area contributed by atoms with Crippen molar-refractivity contribution in [3.8, 4) is 17.6 Å². The second kappa shape index (κ2) is 5.07. The lowest BCUT2D eigenvalue weighted by molar-refractivity contribution is 0.474. The molecule has 0 aliphatic heterocycles. The van der Waals surface area contributed by atoms with Crippen LogP contribution in [0.1, 0.15) is 16.7 Å². The Labute approximate surface area is 111 Å². The Bertz CT molecular complexity index is 632. The number of pyridine rings is 1. The molecule has 0 aliphatic rings. The van der Waals surface area contributed by atoms with Crippen LogP contribution in [0.4, 0.5) is 0 Å². The molecular formula is C14H11ClN2O. The highest BCUT2D eigenvalue weighted by atomic mass is 35.5. The first-order chi connectivity index (χ1) is 8.60. The van der Waals surface area contributed by atoms with E-state index < -0.39 is 0 Å². The van der Waals surface area contributed by atoms with Gasteiger partial charge in [-0.2, -0.15) is 5.26 Å². The molecule has 0 N–H and O–H groups in total. The first-order valence-corrected chi connectivity index (χ1v) is 5.78.